The number of halogens is 1. The Kier molecular flexibility index (Phi) is 4.93. The summed E-state index contributed by atoms with van der Waals surface area (Å²) in [6.45, 7) is 11.1. The van der Waals surface area contributed by atoms with Crippen LogP contribution in [0.25, 0.3) is 0 Å². The number of hydrogen-bond donors (Lipinski definition) is 0. The van der Waals surface area contributed by atoms with Crippen molar-refractivity contribution in [3.05, 3.63) is 39.9 Å². The first-order chi connectivity index (χ1) is 9.92. The van der Waals surface area contributed by atoms with Gasteiger partial charge in [-0.25, -0.2) is 4.98 Å². The highest BCUT2D eigenvalue weighted by molar-refractivity contribution is 9.10. The number of benzene rings is 1. The lowest BCUT2D eigenvalue weighted by Gasteiger charge is -2.23. The maximum Gasteiger partial charge on any atom is 0.233 e. The van der Waals surface area contributed by atoms with E-state index >= 15 is 0 Å². The summed E-state index contributed by atoms with van der Waals surface area (Å²) in [5.74, 6) is 2.68. The summed E-state index contributed by atoms with van der Waals surface area (Å²) in [4.78, 5) is 15.3. The molecule has 112 valence electrons. The van der Waals surface area contributed by atoms with Crippen molar-refractivity contribution in [2.45, 2.75) is 40.5 Å². The number of anilines is 2. The Hall–Kier alpha value is -1.49. The lowest BCUT2D eigenvalue weighted by Crippen LogP contribution is -2.20. The molecule has 5 heteroatoms. The summed E-state index contributed by atoms with van der Waals surface area (Å²) in [5, 5.41) is 0. The van der Waals surface area contributed by atoms with Crippen LogP contribution in [0.3, 0.4) is 0 Å². The fraction of sp³-hybridized carbons (Fsp3) is 0.438. The van der Waals surface area contributed by atoms with Crippen LogP contribution in [0.1, 0.15) is 43.9 Å². The zero-order chi connectivity index (χ0) is 15.6. The summed E-state index contributed by atoms with van der Waals surface area (Å²) < 4.78 is 1.06. The molecule has 0 fully saturated rings. The zero-order valence-corrected chi connectivity index (χ0v) is 14.8. The molecule has 0 amide bonds. The Morgan fingerprint density at radius 2 is 1.71 bits per heavy atom. The van der Waals surface area contributed by atoms with E-state index in [0.29, 0.717) is 11.9 Å². The van der Waals surface area contributed by atoms with Crippen LogP contribution in [-0.4, -0.2) is 21.5 Å². The molecule has 0 spiro atoms. The fourth-order valence-electron chi connectivity index (χ4n) is 2.24. The highest BCUT2D eigenvalue weighted by Crippen LogP contribution is 2.32. The third-order valence-corrected chi connectivity index (χ3v) is 3.97. The van der Waals surface area contributed by atoms with Gasteiger partial charge in [0, 0.05) is 11.0 Å². The van der Waals surface area contributed by atoms with Gasteiger partial charge < -0.3 is 4.90 Å². The van der Waals surface area contributed by atoms with Crippen LogP contribution in [-0.2, 0) is 0 Å². The number of rotatable bonds is 4. The van der Waals surface area contributed by atoms with E-state index in [1.165, 1.54) is 5.56 Å². The van der Waals surface area contributed by atoms with Gasteiger partial charge in [0.25, 0.3) is 0 Å². The molecule has 0 aliphatic heterocycles. The zero-order valence-electron chi connectivity index (χ0n) is 13.2. The number of hydrogen-bond acceptors (Lipinski definition) is 4. The van der Waals surface area contributed by atoms with E-state index < -0.39 is 0 Å². The first-order valence-corrected chi connectivity index (χ1v) is 7.98. The van der Waals surface area contributed by atoms with Crippen molar-refractivity contribution in [1.82, 2.24) is 15.0 Å². The standard InChI is InChI=1S/C16H21BrN4/c1-6-21(16-19-11(4)18-12(5)20-16)15-8-7-13(10(2)3)9-14(15)17/h7-10H,6H2,1-5H3. The fourth-order valence-corrected chi connectivity index (χ4v) is 2.85. The summed E-state index contributed by atoms with van der Waals surface area (Å²) in [6.07, 6.45) is 0. The van der Waals surface area contributed by atoms with Crippen LogP contribution >= 0.6 is 15.9 Å². The summed E-state index contributed by atoms with van der Waals surface area (Å²) in [5.41, 5.74) is 2.39. The third kappa shape index (κ3) is 3.59. The minimum absolute atomic E-state index is 0.507. The Balaban J connectivity index is 2.46. The van der Waals surface area contributed by atoms with Crippen LogP contribution in [0.4, 0.5) is 11.6 Å². The van der Waals surface area contributed by atoms with Gasteiger partial charge in [-0.05, 0) is 60.3 Å². The largest absolute Gasteiger partial charge is 0.310 e. The lowest BCUT2D eigenvalue weighted by molar-refractivity contribution is 0.854. The van der Waals surface area contributed by atoms with Gasteiger partial charge in [-0.15, -0.1) is 0 Å². The van der Waals surface area contributed by atoms with Crippen LogP contribution in [0.2, 0.25) is 0 Å². The molecular weight excluding hydrogens is 328 g/mol. The summed E-state index contributed by atoms with van der Waals surface area (Å²) in [6, 6.07) is 6.45. The second-order valence-electron chi connectivity index (χ2n) is 5.34. The maximum absolute atomic E-state index is 4.46. The molecule has 0 bridgehead atoms. The van der Waals surface area contributed by atoms with E-state index in [4.69, 9.17) is 0 Å². The first kappa shape index (κ1) is 15.9. The highest BCUT2D eigenvalue weighted by atomic mass is 79.9. The molecule has 2 rings (SSSR count). The molecule has 21 heavy (non-hydrogen) atoms. The van der Waals surface area contributed by atoms with Gasteiger partial charge >= 0.3 is 0 Å². The van der Waals surface area contributed by atoms with E-state index in [2.05, 4.69) is 74.8 Å². The molecule has 0 atom stereocenters. The Bertz CT molecular complexity index is 620. The van der Waals surface area contributed by atoms with Crippen molar-refractivity contribution in [2.75, 3.05) is 11.4 Å². The molecule has 1 aromatic heterocycles. The molecule has 1 heterocycles. The Morgan fingerprint density at radius 3 is 2.19 bits per heavy atom. The summed E-state index contributed by atoms with van der Waals surface area (Å²) in [7, 11) is 0. The smallest absolute Gasteiger partial charge is 0.233 e. The van der Waals surface area contributed by atoms with Crippen molar-refractivity contribution < 1.29 is 0 Å². The van der Waals surface area contributed by atoms with Crippen molar-refractivity contribution >= 4 is 27.6 Å². The van der Waals surface area contributed by atoms with Crippen LogP contribution < -0.4 is 4.90 Å². The monoisotopic (exact) mass is 348 g/mol. The van der Waals surface area contributed by atoms with Gasteiger partial charge in [-0.2, -0.15) is 9.97 Å². The normalized spacial score (nSPS) is 11.0. The lowest BCUT2D eigenvalue weighted by atomic mass is 10.0. The van der Waals surface area contributed by atoms with Crippen molar-refractivity contribution in [3.63, 3.8) is 0 Å². The topological polar surface area (TPSA) is 41.9 Å². The molecule has 4 nitrogen and oxygen atoms in total. The van der Waals surface area contributed by atoms with Gasteiger partial charge in [0.15, 0.2) is 0 Å². The second-order valence-corrected chi connectivity index (χ2v) is 6.19. The average molecular weight is 349 g/mol. The minimum atomic E-state index is 0.507. The summed E-state index contributed by atoms with van der Waals surface area (Å²) >= 11 is 3.68. The second kappa shape index (κ2) is 6.52. The molecule has 0 unspecified atom stereocenters. The van der Waals surface area contributed by atoms with Crippen LogP contribution in [0.15, 0.2) is 22.7 Å². The minimum Gasteiger partial charge on any atom is -0.310 e. The van der Waals surface area contributed by atoms with E-state index in [-0.39, 0.29) is 0 Å². The molecule has 0 aliphatic carbocycles. The maximum atomic E-state index is 4.46. The quantitative estimate of drug-likeness (QED) is 0.813. The molecule has 0 saturated carbocycles. The van der Waals surface area contributed by atoms with Gasteiger partial charge in [0.2, 0.25) is 5.95 Å². The Morgan fingerprint density at radius 1 is 1.10 bits per heavy atom. The molecule has 0 N–H and O–H groups in total. The first-order valence-electron chi connectivity index (χ1n) is 7.18. The van der Waals surface area contributed by atoms with E-state index in [1.807, 2.05) is 13.8 Å². The van der Waals surface area contributed by atoms with Crippen LogP contribution in [0.5, 0.6) is 0 Å². The number of nitrogens with zero attached hydrogens (tertiary/aromatic N) is 4. The molecule has 1 aromatic carbocycles. The van der Waals surface area contributed by atoms with Crippen molar-refractivity contribution in [1.29, 1.82) is 0 Å². The molecular formula is C16H21BrN4. The van der Waals surface area contributed by atoms with Gasteiger partial charge in [0.05, 0.1) is 5.69 Å². The molecule has 0 radical (unpaired) electrons. The van der Waals surface area contributed by atoms with Crippen molar-refractivity contribution in [2.24, 2.45) is 0 Å². The Labute approximate surface area is 134 Å². The van der Waals surface area contributed by atoms with E-state index in [9.17, 15) is 0 Å². The highest BCUT2D eigenvalue weighted by Gasteiger charge is 2.15. The van der Waals surface area contributed by atoms with Crippen LogP contribution in [0, 0.1) is 13.8 Å². The molecule has 2 aromatic rings. The number of aromatic nitrogens is 3. The van der Waals surface area contributed by atoms with E-state index in [1.54, 1.807) is 0 Å². The average Bonchev–Trinajstić information content (AvgIpc) is 2.40. The third-order valence-electron chi connectivity index (χ3n) is 3.33. The van der Waals surface area contributed by atoms with Gasteiger partial charge in [-0.1, -0.05) is 19.9 Å². The molecule has 0 aliphatic rings. The van der Waals surface area contributed by atoms with Gasteiger partial charge in [-0.3, -0.25) is 0 Å². The van der Waals surface area contributed by atoms with E-state index in [0.717, 1.165) is 28.4 Å². The van der Waals surface area contributed by atoms with Gasteiger partial charge in [0.1, 0.15) is 11.6 Å². The molecule has 0 saturated heterocycles. The SMILES string of the molecule is CCN(c1nc(C)nc(C)n1)c1ccc(C(C)C)cc1Br. The number of aryl methyl sites for hydroxylation is 2. The predicted molar refractivity (Wildman–Crippen MR) is 90.2 cm³/mol. The van der Waals surface area contributed by atoms with Crippen molar-refractivity contribution in [3.8, 4) is 0 Å². The predicted octanol–water partition coefficient (Wildman–Crippen LogP) is 4.53.